The number of benzene rings is 13. The number of nitrogens with zero attached hydrogens (tertiary/aromatic N) is 7. The molecule has 94 heavy (non-hydrogen) atoms. The van der Waals surface area contributed by atoms with Gasteiger partial charge < -0.3 is 18.1 Å². The van der Waals surface area contributed by atoms with Gasteiger partial charge in [-0.1, -0.05) is 212 Å². The quantitative estimate of drug-likeness (QED) is 0.136. The minimum absolute atomic E-state index is 0.629. The number of hydrogen-bond donors (Lipinski definition) is 0. The van der Waals surface area contributed by atoms with Crippen LogP contribution < -0.4 is 0 Å². The highest BCUT2D eigenvalue weighted by Gasteiger charge is 2.24. The van der Waals surface area contributed by atoms with Crippen molar-refractivity contribution in [2.45, 2.75) is 0 Å². The first-order valence-corrected chi connectivity index (χ1v) is 31.8. The van der Waals surface area contributed by atoms with Gasteiger partial charge in [-0.25, -0.2) is 19.9 Å². The average molecular weight is 1200 g/mol. The molecule has 0 aliphatic carbocycles. The molecule has 0 aliphatic heterocycles. The van der Waals surface area contributed by atoms with E-state index < -0.39 is 0 Å². The van der Waals surface area contributed by atoms with E-state index in [1.54, 1.807) is 0 Å². The minimum atomic E-state index is 0.629. The molecule has 0 saturated heterocycles. The van der Waals surface area contributed by atoms with Crippen LogP contribution in [0.3, 0.4) is 0 Å². The zero-order chi connectivity index (χ0) is 61.8. The van der Waals surface area contributed by atoms with Gasteiger partial charge in [-0.05, 0) is 120 Å². The van der Waals surface area contributed by atoms with Crippen molar-refractivity contribution in [1.29, 1.82) is 0 Å². The lowest BCUT2D eigenvalue weighted by molar-refractivity contribution is 0.669. The van der Waals surface area contributed by atoms with E-state index in [0.717, 1.165) is 172 Å². The van der Waals surface area contributed by atoms with Gasteiger partial charge in [0, 0.05) is 82.2 Å². The molecule has 6 aromatic heterocycles. The predicted octanol–water partition coefficient (Wildman–Crippen LogP) is 22.1. The van der Waals surface area contributed by atoms with Crippen molar-refractivity contribution in [2.75, 3.05) is 0 Å². The van der Waals surface area contributed by atoms with Gasteiger partial charge in [0.2, 0.25) is 0 Å². The first kappa shape index (κ1) is 53.1. The lowest BCUT2D eigenvalue weighted by Gasteiger charge is -2.15. The molecule has 0 N–H and O–H groups in total. The Morgan fingerprint density at radius 1 is 0.213 bits per heavy atom. The molecule has 8 nitrogen and oxygen atoms in total. The van der Waals surface area contributed by atoms with Gasteiger partial charge in [0.1, 0.15) is 11.2 Å². The van der Waals surface area contributed by atoms with E-state index in [2.05, 4.69) is 305 Å². The molecule has 0 saturated carbocycles. The summed E-state index contributed by atoms with van der Waals surface area (Å²) in [6, 6.07) is 114. The van der Waals surface area contributed by atoms with Crippen LogP contribution in [0.5, 0.6) is 0 Å². The first-order valence-electron chi connectivity index (χ1n) is 31.8. The summed E-state index contributed by atoms with van der Waals surface area (Å²) >= 11 is 0. The van der Waals surface area contributed by atoms with Crippen LogP contribution in [0.2, 0.25) is 0 Å². The molecule has 13 aromatic carbocycles. The third-order valence-electron chi connectivity index (χ3n) is 18.7. The third-order valence-corrected chi connectivity index (χ3v) is 18.7. The molecule has 6 heterocycles. The van der Waals surface area contributed by atoms with Gasteiger partial charge in [-0.2, -0.15) is 0 Å². The second-order valence-corrected chi connectivity index (χ2v) is 24.1. The van der Waals surface area contributed by atoms with E-state index in [1.807, 2.05) is 30.3 Å². The predicted molar refractivity (Wildman–Crippen MR) is 386 cm³/mol. The molecule has 0 spiro atoms. The van der Waals surface area contributed by atoms with Gasteiger partial charge in [-0.3, -0.25) is 0 Å². The maximum absolute atomic E-state index is 6.46. The lowest BCUT2D eigenvalue weighted by Crippen LogP contribution is -2.01. The van der Waals surface area contributed by atoms with E-state index >= 15 is 0 Å². The van der Waals surface area contributed by atoms with Crippen LogP contribution in [-0.4, -0.2) is 33.6 Å². The van der Waals surface area contributed by atoms with E-state index in [0.29, 0.717) is 11.6 Å². The van der Waals surface area contributed by atoms with Crippen molar-refractivity contribution < 1.29 is 4.42 Å². The van der Waals surface area contributed by atoms with E-state index in [1.165, 1.54) is 0 Å². The molecule has 0 bridgehead atoms. The molecular weight excluding hydrogens is 1150 g/mol. The van der Waals surface area contributed by atoms with Gasteiger partial charge in [0.15, 0.2) is 11.6 Å². The Morgan fingerprint density at radius 2 is 0.606 bits per heavy atom. The summed E-state index contributed by atoms with van der Waals surface area (Å²) in [5.41, 5.74) is 22.8. The molecule has 8 heteroatoms. The Bertz CT molecular complexity index is 6160. The van der Waals surface area contributed by atoms with Crippen LogP contribution in [0.25, 0.3) is 183 Å². The van der Waals surface area contributed by atoms with Crippen LogP contribution >= 0.6 is 0 Å². The monoisotopic (exact) mass is 1200 g/mol. The van der Waals surface area contributed by atoms with Crippen molar-refractivity contribution in [2.24, 2.45) is 0 Å². The number of para-hydroxylation sites is 6. The highest BCUT2D eigenvalue weighted by atomic mass is 16.3. The van der Waals surface area contributed by atoms with Crippen molar-refractivity contribution in [3.05, 3.63) is 322 Å². The zero-order valence-electron chi connectivity index (χ0n) is 50.6. The topological polar surface area (TPSA) is 79.5 Å². The van der Waals surface area contributed by atoms with Crippen LogP contribution in [0.4, 0.5) is 0 Å². The Morgan fingerprint density at radius 3 is 1.18 bits per heavy atom. The molecule has 0 unspecified atom stereocenters. The maximum Gasteiger partial charge on any atom is 0.162 e. The van der Waals surface area contributed by atoms with Crippen molar-refractivity contribution in [1.82, 2.24) is 33.6 Å². The number of aromatic nitrogens is 7. The van der Waals surface area contributed by atoms with Crippen LogP contribution in [0.15, 0.2) is 326 Å². The van der Waals surface area contributed by atoms with Crippen LogP contribution in [-0.2, 0) is 0 Å². The number of furan rings is 1. The average Bonchev–Trinajstić information content (AvgIpc) is 1.56. The van der Waals surface area contributed by atoms with E-state index in [4.69, 9.17) is 24.4 Å². The molecule has 438 valence electrons. The van der Waals surface area contributed by atoms with Gasteiger partial charge in [0.25, 0.3) is 0 Å². The number of hydrogen-bond acceptors (Lipinski definition) is 5. The molecule has 0 radical (unpaired) electrons. The molecule has 0 amide bonds. The fraction of sp³-hybridized carbons (Fsp3) is 0. The summed E-state index contributed by atoms with van der Waals surface area (Å²) in [6.07, 6.45) is 0. The maximum atomic E-state index is 6.46. The molecule has 0 aliphatic rings. The Labute approximate surface area is 539 Å². The molecular formula is C86H53N7O. The Balaban J connectivity index is 0.780. The molecule has 0 atom stereocenters. The smallest absolute Gasteiger partial charge is 0.162 e. The lowest BCUT2D eigenvalue weighted by atomic mass is 9.99. The fourth-order valence-electron chi connectivity index (χ4n) is 14.3. The standard InChI is InChI=1S/C86H53N7O/c1-5-24-54(25-6-1)71-52-72(55-26-7-2-8-27-55)88-85(87-71)64-37-15-20-41-77(64)92-75-39-18-13-34-61(75)67-48-80-68(49-81(67)92)66-47-58(44-45-79(66)91(80)60-32-11-4-12-33-60)57-30-23-31-59(46-57)74-53-73(56-28-9-3-10-29-56)89-86(90-74)65-38-16-21-42-78(65)93-76-40-19-14-35-62(76)69-51-84-70(50-82(69)93)63-36-17-22-43-83(63)94-84/h1-53H. The van der Waals surface area contributed by atoms with Crippen molar-refractivity contribution in [3.63, 3.8) is 0 Å². The van der Waals surface area contributed by atoms with Crippen LogP contribution in [0, 0.1) is 0 Å². The summed E-state index contributed by atoms with van der Waals surface area (Å²) < 4.78 is 13.7. The number of fused-ring (bicyclic) bond motifs is 12. The van der Waals surface area contributed by atoms with Crippen LogP contribution in [0.1, 0.15) is 0 Å². The zero-order valence-corrected chi connectivity index (χ0v) is 50.6. The molecule has 0 fully saturated rings. The summed E-state index contributed by atoms with van der Waals surface area (Å²) in [5.74, 6) is 1.28. The van der Waals surface area contributed by atoms with Gasteiger partial charge in [-0.15, -0.1) is 0 Å². The molecule has 19 rings (SSSR count). The summed E-state index contributed by atoms with van der Waals surface area (Å²) in [5, 5.41) is 9.00. The second-order valence-electron chi connectivity index (χ2n) is 24.1. The SMILES string of the molecule is c1ccc(-c2cc(-c3cccc(-c4ccc5c(c4)c4cc6c(cc4n5-c4ccccc4)c4ccccc4n6-c4ccccc4-c4nc(-c5ccccc5)cc(-c5ccccc5)n4)c3)nc(-c3ccccc3-n3c4ccccc4c4cc5oc6ccccc6c5cc43)n2)cc1. The molecule has 19 aromatic rings. The van der Waals surface area contributed by atoms with Crippen molar-refractivity contribution in [3.8, 4) is 96.0 Å². The highest BCUT2D eigenvalue weighted by molar-refractivity contribution is 6.20. The highest BCUT2D eigenvalue weighted by Crippen LogP contribution is 2.45. The van der Waals surface area contributed by atoms with E-state index in [9.17, 15) is 0 Å². The summed E-state index contributed by atoms with van der Waals surface area (Å²) in [7, 11) is 0. The number of rotatable bonds is 10. The summed E-state index contributed by atoms with van der Waals surface area (Å²) in [4.78, 5) is 21.7. The first-order chi connectivity index (χ1) is 46.6. The Hall–Kier alpha value is -12.8. The fourth-order valence-corrected chi connectivity index (χ4v) is 14.3. The normalized spacial score (nSPS) is 11.8. The van der Waals surface area contributed by atoms with Crippen molar-refractivity contribution >= 4 is 87.4 Å². The van der Waals surface area contributed by atoms with Gasteiger partial charge >= 0.3 is 0 Å². The Kier molecular flexibility index (Phi) is 12.1. The largest absolute Gasteiger partial charge is 0.456 e. The second kappa shape index (κ2) is 21.4. The van der Waals surface area contributed by atoms with Gasteiger partial charge in [0.05, 0.1) is 67.3 Å². The third kappa shape index (κ3) is 8.61. The minimum Gasteiger partial charge on any atom is -0.456 e. The summed E-state index contributed by atoms with van der Waals surface area (Å²) in [6.45, 7) is 0. The van der Waals surface area contributed by atoms with E-state index in [-0.39, 0.29) is 0 Å².